The molecule has 20 heavy (non-hydrogen) atoms. The van der Waals surface area contributed by atoms with Gasteiger partial charge < -0.3 is 15.7 Å². The van der Waals surface area contributed by atoms with E-state index in [2.05, 4.69) is 17.6 Å². The highest BCUT2D eigenvalue weighted by Gasteiger charge is 2.22. The molecule has 0 aromatic heterocycles. The van der Waals surface area contributed by atoms with Crippen molar-refractivity contribution in [2.75, 3.05) is 18.4 Å². The third-order valence-electron chi connectivity index (χ3n) is 3.88. The Bertz CT molecular complexity index is 473. The molecule has 0 aliphatic carbocycles. The molecule has 5 heteroatoms. The molecule has 1 aromatic rings. The Morgan fingerprint density at radius 1 is 1.60 bits per heavy atom. The molecule has 1 amide bonds. The molecule has 0 bridgehead atoms. The van der Waals surface area contributed by atoms with Crippen LogP contribution in [0.25, 0.3) is 0 Å². The van der Waals surface area contributed by atoms with Gasteiger partial charge in [-0.3, -0.25) is 4.79 Å². The zero-order valence-electron chi connectivity index (χ0n) is 11.7. The summed E-state index contributed by atoms with van der Waals surface area (Å²) in [7, 11) is 0. The number of carbonyl (C=O) groups is 1. The van der Waals surface area contributed by atoms with Crippen LogP contribution in [0.5, 0.6) is 5.75 Å². The molecule has 2 rings (SSSR count). The van der Waals surface area contributed by atoms with Crippen molar-refractivity contribution < 1.29 is 9.90 Å². The SMILES string of the molecule is CC(CC(=O)Nc1ccc(O)c(Cl)c1)C1CCCNC1. The molecule has 2 atom stereocenters. The Hall–Kier alpha value is -1.26. The molecule has 4 nitrogen and oxygen atoms in total. The van der Waals surface area contributed by atoms with Crippen LogP contribution >= 0.6 is 11.6 Å². The first-order valence-corrected chi connectivity index (χ1v) is 7.43. The topological polar surface area (TPSA) is 61.4 Å². The van der Waals surface area contributed by atoms with Crippen LogP contribution < -0.4 is 10.6 Å². The van der Waals surface area contributed by atoms with Gasteiger partial charge in [0.25, 0.3) is 0 Å². The molecule has 1 fully saturated rings. The minimum absolute atomic E-state index is 0.00942. The summed E-state index contributed by atoms with van der Waals surface area (Å²) in [6, 6.07) is 4.68. The Morgan fingerprint density at radius 3 is 3.05 bits per heavy atom. The van der Waals surface area contributed by atoms with E-state index >= 15 is 0 Å². The van der Waals surface area contributed by atoms with Gasteiger partial charge >= 0.3 is 0 Å². The van der Waals surface area contributed by atoms with Crippen molar-refractivity contribution in [3.05, 3.63) is 23.2 Å². The second-order valence-electron chi connectivity index (χ2n) is 5.50. The number of nitrogens with one attached hydrogen (secondary N) is 2. The first-order chi connectivity index (χ1) is 9.56. The monoisotopic (exact) mass is 296 g/mol. The number of hydrogen-bond acceptors (Lipinski definition) is 3. The van der Waals surface area contributed by atoms with Gasteiger partial charge in [0.2, 0.25) is 5.91 Å². The van der Waals surface area contributed by atoms with E-state index in [1.165, 1.54) is 18.9 Å². The van der Waals surface area contributed by atoms with Crippen molar-refractivity contribution >= 4 is 23.2 Å². The van der Waals surface area contributed by atoms with Gasteiger partial charge in [-0.2, -0.15) is 0 Å². The van der Waals surface area contributed by atoms with Crippen LogP contribution in [0, 0.1) is 11.8 Å². The van der Waals surface area contributed by atoms with Crippen LogP contribution in [-0.2, 0) is 4.79 Å². The molecule has 0 saturated carbocycles. The van der Waals surface area contributed by atoms with Gasteiger partial charge in [0.1, 0.15) is 5.75 Å². The van der Waals surface area contributed by atoms with Crippen LogP contribution in [0.1, 0.15) is 26.2 Å². The Morgan fingerprint density at radius 2 is 2.40 bits per heavy atom. The zero-order valence-corrected chi connectivity index (χ0v) is 12.4. The summed E-state index contributed by atoms with van der Waals surface area (Å²) in [6.07, 6.45) is 2.88. The summed E-state index contributed by atoms with van der Waals surface area (Å²) in [5, 5.41) is 15.8. The number of phenols is 1. The molecule has 0 spiro atoms. The second-order valence-corrected chi connectivity index (χ2v) is 5.91. The maximum atomic E-state index is 12.0. The normalized spacial score (nSPS) is 20.4. The lowest BCUT2D eigenvalue weighted by Crippen LogP contribution is -2.34. The third kappa shape index (κ3) is 4.12. The quantitative estimate of drug-likeness (QED) is 0.749. The predicted octanol–water partition coefficient (Wildman–Crippen LogP) is 3.01. The standard InChI is InChI=1S/C15H21ClN2O2/c1-10(11-3-2-6-17-9-11)7-15(20)18-12-4-5-14(19)13(16)8-12/h4-5,8,10-11,17,19H,2-3,6-7,9H2,1H3,(H,18,20). The lowest BCUT2D eigenvalue weighted by atomic mass is 9.85. The molecule has 0 radical (unpaired) electrons. The number of amides is 1. The summed E-state index contributed by atoms with van der Waals surface area (Å²) in [6.45, 7) is 4.21. The smallest absolute Gasteiger partial charge is 0.224 e. The van der Waals surface area contributed by atoms with E-state index in [9.17, 15) is 9.90 Å². The van der Waals surface area contributed by atoms with Gasteiger partial charge in [-0.15, -0.1) is 0 Å². The summed E-state index contributed by atoms with van der Waals surface area (Å²) in [5.41, 5.74) is 0.617. The van der Waals surface area contributed by atoms with E-state index in [0.717, 1.165) is 13.1 Å². The van der Waals surface area contributed by atoms with Gasteiger partial charge in [-0.25, -0.2) is 0 Å². The number of carbonyl (C=O) groups excluding carboxylic acids is 1. The van der Waals surface area contributed by atoms with Crippen molar-refractivity contribution in [2.45, 2.75) is 26.2 Å². The zero-order chi connectivity index (χ0) is 14.5. The number of aromatic hydroxyl groups is 1. The van der Waals surface area contributed by atoms with Crippen molar-refractivity contribution in [3.63, 3.8) is 0 Å². The van der Waals surface area contributed by atoms with Crippen molar-refractivity contribution in [1.82, 2.24) is 5.32 Å². The highest BCUT2D eigenvalue weighted by molar-refractivity contribution is 6.32. The number of anilines is 1. The summed E-state index contributed by atoms with van der Waals surface area (Å²) in [5.74, 6) is 0.935. The lowest BCUT2D eigenvalue weighted by Gasteiger charge is -2.28. The van der Waals surface area contributed by atoms with Crippen molar-refractivity contribution in [2.24, 2.45) is 11.8 Å². The summed E-state index contributed by atoms with van der Waals surface area (Å²) < 4.78 is 0. The maximum absolute atomic E-state index is 12.0. The van der Waals surface area contributed by atoms with Crippen LogP contribution in [0.4, 0.5) is 5.69 Å². The fourth-order valence-corrected chi connectivity index (χ4v) is 2.80. The largest absolute Gasteiger partial charge is 0.506 e. The number of halogens is 1. The number of rotatable bonds is 4. The highest BCUT2D eigenvalue weighted by Crippen LogP contribution is 2.27. The van der Waals surface area contributed by atoms with Crippen LogP contribution in [-0.4, -0.2) is 24.1 Å². The van der Waals surface area contributed by atoms with E-state index in [4.69, 9.17) is 11.6 Å². The maximum Gasteiger partial charge on any atom is 0.224 e. The van der Waals surface area contributed by atoms with E-state index in [-0.39, 0.29) is 16.7 Å². The first kappa shape index (κ1) is 15.1. The average Bonchev–Trinajstić information content (AvgIpc) is 2.44. The van der Waals surface area contributed by atoms with Crippen LogP contribution in [0.3, 0.4) is 0 Å². The first-order valence-electron chi connectivity index (χ1n) is 7.05. The summed E-state index contributed by atoms with van der Waals surface area (Å²) in [4.78, 5) is 12.0. The molecule has 1 aromatic carbocycles. The fourth-order valence-electron chi connectivity index (χ4n) is 2.62. The van der Waals surface area contributed by atoms with E-state index in [0.29, 0.717) is 23.9 Å². The minimum Gasteiger partial charge on any atom is -0.506 e. The van der Waals surface area contributed by atoms with Gasteiger partial charge in [0, 0.05) is 12.1 Å². The molecular weight excluding hydrogens is 276 g/mol. The number of benzene rings is 1. The number of phenolic OH excluding ortho intramolecular Hbond substituents is 1. The number of hydrogen-bond donors (Lipinski definition) is 3. The third-order valence-corrected chi connectivity index (χ3v) is 4.18. The van der Waals surface area contributed by atoms with E-state index in [1.807, 2.05) is 0 Å². The van der Waals surface area contributed by atoms with Gasteiger partial charge in [0.05, 0.1) is 5.02 Å². The number of piperidine rings is 1. The van der Waals surface area contributed by atoms with Gasteiger partial charge in [-0.05, 0) is 56.0 Å². The van der Waals surface area contributed by atoms with Crippen molar-refractivity contribution in [1.29, 1.82) is 0 Å². The molecule has 1 aliphatic rings. The Kier molecular flexibility index (Phi) is 5.26. The molecule has 3 N–H and O–H groups in total. The van der Waals surface area contributed by atoms with E-state index < -0.39 is 0 Å². The Balaban J connectivity index is 1.86. The second kappa shape index (κ2) is 6.95. The molecule has 2 unspecified atom stereocenters. The Labute approximate surface area is 124 Å². The molecule has 1 heterocycles. The minimum atomic E-state index is -0.00942. The molecular formula is C15H21ClN2O2. The predicted molar refractivity (Wildman–Crippen MR) is 81.1 cm³/mol. The summed E-state index contributed by atoms with van der Waals surface area (Å²) >= 11 is 5.82. The lowest BCUT2D eigenvalue weighted by molar-refractivity contribution is -0.117. The molecule has 1 saturated heterocycles. The fraction of sp³-hybridized carbons (Fsp3) is 0.533. The van der Waals surface area contributed by atoms with E-state index in [1.54, 1.807) is 12.1 Å². The van der Waals surface area contributed by atoms with Crippen molar-refractivity contribution in [3.8, 4) is 5.75 Å². The highest BCUT2D eigenvalue weighted by atomic mass is 35.5. The average molecular weight is 297 g/mol. The molecule has 110 valence electrons. The van der Waals surface area contributed by atoms with Gasteiger partial charge in [-0.1, -0.05) is 18.5 Å². The van der Waals surface area contributed by atoms with Crippen LogP contribution in [0.15, 0.2) is 18.2 Å². The van der Waals surface area contributed by atoms with Crippen LogP contribution in [0.2, 0.25) is 5.02 Å². The van der Waals surface area contributed by atoms with Gasteiger partial charge in [0.15, 0.2) is 0 Å². The molecule has 1 aliphatic heterocycles.